The van der Waals surface area contributed by atoms with Gasteiger partial charge in [0.05, 0.1) is 39.1 Å². The number of anilines is 3. The van der Waals surface area contributed by atoms with Crippen molar-refractivity contribution in [1.82, 2.24) is 30.0 Å². The maximum atomic E-state index is 13.7. The lowest BCUT2D eigenvalue weighted by molar-refractivity contribution is -0.134. The number of amides is 3. The molecule has 1 aliphatic carbocycles. The highest BCUT2D eigenvalue weighted by molar-refractivity contribution is 7.22. The Kier molecular flexibility index (Phi) is 13.9. The number of aryl methyl sites for hydroxylation is 1. The highest BCUT2D eigenvalue weighted by atomic mass is 32.1. The number of piperidine rings is 1. The molecule has 2 unspecified atom stereocenters. The van der Waals surface area contributed by atoms with Crippen LogP contribution in [0.1, 0.15) is 114 Å². The summed E-state index contributed by atoms with van der Waals surface area (Å²) < 4.78 is 9.61. The Bertz CT molecular complexity index is 3250. The fourth-order valence-electron chi connectivity index (χ4n) is 11.9. The van der Waals surface area contributed by atoms with Gasteiger partial charge in [-0.15, -0.1) is 0 Å². The summed E-state index contributed by atoms with van der Waals surface area (Å²) in [6.45, 7) is 9.24. The Morgan fingerprint density at radius 1 is 0.851 bits per heavy atom. The van der Waals surface area contributed by atoms with Crippen LogP contribution in [0.4, 0.5) is 16.6 Å². The molecule has 1 saturated carbocycles. The second-order valence-electron chi connectivity index (χ2n) is 20.6. The van der Waals surface area contributed by atoms with Gasteiger partial charge in [0.2, 0.25) is 11.8 Å². The number of carbonyl (C=O) groups excluding carboxylic acids is 3. The molecule has 11 rings (SSSR count). The van der Waals surface area contributed by atoms with Gasteiger partial charge in [-0.05, 0) is 129 Å². The van der Waals surface area contributed by atoms with E-state index in [9.17, 15) is 24.3 Å². The molecule has 3 aromatic heterocycles. The topological polar surface area (TPSA) is 175 Å². The predicted octanol–water partition coefficient (Wildman–Crippen LogP) is 9.91. The molecule has 3 N–H and O–H groups in total. The van der Waals surface area contributed by atoms with E-state index in [1.807, 2.05) is 91.4 Å². The van der Waals surface area contributed by atoms with E-state index in [0.29, 0.717) is 66.4 Å². The molecule has 4 aromatic carbocycles. The molecule has 382 valence electrons. The largest absolute Gasteiger partial charge is 0.490 e. The molecule has 7 aromatic rings. The summed E-state index contributed by atoms with van der Waals surface area (Å²) in [6.07, 6.45) is 9.44. The molecule has 3 aliphatic heterocycles. The maximum Gasteiger partial charge on any atom is 0.355 e. The van der Waals surface area contributed by atoms with Gasteiger partial charge in [-0.25, -0.2) is 14.8 Å². The second-order valence-corrected chi connectivity index (χ2v) is 21.6. The first-order valence-electron chi connectivity index (χ1n) is 26.3. The minimum Gasteiger partial charge on any atom is -0.490 e. The molecule has 3 fully saturated rings. The molecule has 16 heteroatoms. The van der Waals surface area contributed by atoms with Crippen molar-refractivity contribution >= 4 is 72.8 Å². The first-order chi connectivity index (χ1) is 35.9. The number of nitrogens with zero attached hydrogens (tertiary/aromatic N) is 7. The summed E-state index contributed by atoms with van der Waals surface area (Å²) in [4.78, 5) is 67.6. The number of carbonyl (C=O) groups is 4. The van der Waals surface area contributed by atoms with Crippen LogP contribution in [-0.2, 0) is 29.6 Å². The van der Waals surface area contributed by atoms with E-state index < -0.39 is 11.9 Å². The van der Waals surface area contributed by atoms with Crippen molar-refractivity contribution in [3.05, 3.63) is 125 Å². The molecule has 15 nitrogen and oxygen atoms in total. The third kappa shape index (κ3) is 9.96. The first-order valence-corrected chi connectivity index (χ1v) is 27.1. The van der Waals surface area contributed by atoms with E-state index in [-0.39, 0.29) is 29.5 Å². The highest BCUT2D eigenvalue weighted by Gasteiger charge is 2.33. The van der Waals surface area contributed by atoms with Gasteiger partial charge in [0, 0.05) is 75.3 Å². The highest BCUT2D eigenvalue weighted by Crippen LogP contribution is 2.39. The summed E-state index contributed by atoms with van der Waals surface area (Å²) >= 11 is 1.44. The van der Waals surface area contributed by atoms with Gasteiger partial charge in [0.15, 0.2) is 10.8 Å². The van der Waals surface area contributed by atoms with Crippen LogP contribution in [0.5, 0.6) is 5.75 Å². The number of carboxylic acids is 1. The van der Waals surface area contributed by atoms with Gasteiger partial charge in [-0.1, -0.05) is 72.7 Å². The molecule has 2 atom stereocenters. The molecule has 0 spiro atoms. The monoisotopic (exact) mass is 1010 g/mol. The molecule has 3 amide bonds. The van der Waals surface area contributed by atoms with Crippen LogP contribution >= 0.6 is 11.3 Å². The molecule has 74 heavy (non-hydrogen) atoms. The third-order valence-corrected chi connectivity index (χ3v) is 17.0. The maximum absolute atomic E-state index is 13.7. The first kappa shape index (κ1) is 49.1. The summed E-state index contributed by atoms with van der Waals surface area (Å²) in [7, 11) is 1.95. The Morgan fingerprint density at radius 2 is 1.65 bits per heavy atom. The van der Waals surface area contributed by atoms with Gasteiger partial charge in [-0.3, -0.25) is 34.6 Å². The zero-order valence-corrected chi connectivity index (χ0v) is 43.1. The number of thiazole rings is 1. The van der Waals surface area contributed by atoms with Crippen LogP contribution in [0.3, 0.4) is 0 Å². The van der Waals surface area contributed by atoms with Crippen LogP contribution in [-0.4, -0.2) is 98.3 Å². The molecule has 0 radical (unpaired) electrons. The number of hydrogen-bond donors (Lipinski definition) is 3. The number of fused-ring (bicyclic) bond motifs is 3. The van der Waals surface area contributed by atoms with Crippen molar-refractivity contribution in [2.24, 2.45) is 13.0 Å². The lowest BCUT2D eigenvalue weighted by atomic mass is 9.84. The van der Waals surface area contributed by atoms with E-state index in [0.717, 1.165) is 112 Å². The van der Waals surface area contributed by atoms with Crippen LogP contribution in [0.25, 0.3) is 32.2 Å². The summed E-state index contributed by atoms with van der Waals surface area (Å²) in [5, 5.41) is 22.4. The average molecular weight is 1010 g/mol. The number of nitrogens with one attached hydrogen (secondary N) is 2. The Morgan fingerprint density at radius 3 is 2.45 bits per heavy atom. The summed E-state index contributed by atoms with van der Waals surface area (Å²) in [5.74, 6) is -0.215. The van der Waals surface area contributed by atoms with Crippen molar-refractivity contribution in [3.8, 4) is 16.9 Å². The number of carboxylic acid groups (broad SMARTS) is 1. The Balaban J connectivity index is 0.664. The minimum atomic E-state index is -1.10. The Hall–Kier alpha value is -7.17. The van der Waals surface area contributed by atoms with Crippen LogP contribution in [0.15, 0.2) is 91.0 Å². The number of rotatable bonds is 14. The number of imide groups is 1. The second kappa shape index (κ2) is 21.0. The number of aromatic carboxylic acids is 1. The van der Waals surface area contributed by atoms with Gasteiger partial charge in [0.1, 0.15) is 11.6 Å². The number of ether oxygens (including phenoxy) is 1. The van der Waals surface area contributed by atoms with E-state index in [2.05, 4.69) is 55.4 Å². The number of pyridine rings is 1. The number of para-hydroxylation sites is 2. The fraction of sp³-hybridized carbons (Fsp3) is 0.397. The lowest BCUT2D eigenvalue weighted by Crippen LogP contribution is -2.49. The zero-order chi connectivity index (χ0) is 51.0. The van der Waals surface area contributed by atoms with E-state index in [4.69, 9.17) is 14.8 Å². The Labute approximate surface area is 434 Å². The molecule has 0 bridgehead atoms. The van der Waals surface area contributed by atoms with Crippen LogP contribution in [0.2, 0.25) is 0 Å². The SMILES string of the molecule is Cc1c(OC2CCC(CCCC(C)N3CCN(c4cccc5c(C6CCC(=O)NC6=O)nn(C)c45)CC3)CC2)cccc1-c1ccc(N2CCc3cccc(C(=O)Nc4nc5ccccc5s4)c3C2)nc1C(=O)O. The van der Waals surface area contributed by atoms with Gasteiger partial charge in [-0.2, -0.15) is 5.10 Å². The molecular formula is C58H63N9O6S. The van der Waals surface area contributed by atoms with E-state index >= 15 is 0 Å². The van der Waals surface area contributed by atoms with Crippen molar-refractivity contribution in [1.29, 1.82) is 0 Å². The van der Waals surface area contributed by atoms with E-state index in [1.165, 1.54) is 30.6 Å². The average Bonchev–Trinajstić information content (AvgIpc) is 3.99. The zero-order valence-electron chi connectivity index (χ0n) is 42.3. The van der Waals surface area contributed by atoms with Crippen LogP contribution in [0, 0.1) is 12.8 Å². The number of benzene rings is 4. The van der Waals surface area contributed by atoms with Crippen molar-refractivity contribution < 1.29 is 29.0 Å². The minimum absolute atomic E-state index is 0.0189. The number of piperazine rings is 1. The van der Waals surface area contributed by atoms with Gasteiger partial charge < -0.3 is 19.6 Å². The molecule has 2 saturated heterocycles. The molecule has 4 aliphatic rings. The van der Waals surface area contributed by atoms with Crippen molar-refractivity contribution in [2.75, 3.05) is 47.8 Å². The normalized spacial score (nSPS) is 19.9. The van der Waals surface area contributed by atoms with Gasteiger partial charge in [0.25, 0.3) is 5.91 Å². The standard InChI is InChI=1S/C58H63N9O6S/c1-35(65-30-32-66(33-31-65)47-17-8-15-43-52(63-64(3)54(43)47)44-25-27-51(68)61-56(44)70)10-6-11-37-20-22-39(23-21-37)73-48-18-9-13-40(36(48)2)41-24-26-50(60-53(41)57(71)72)67-29-28-38-12-7-14-42(45(38)34-67)55(69)62-58-59-46-16-4-5-19-49(46)74-58/h4-5,7-9,12-19,24,26,35,37,39,44H,6,10-11,20-23,25,27-34H2,1-3H3,(H,71,72)(H,59,62,69)(H,61,68,70). The fourth-order valence-corrected chi connectivity index (χ4v) is 12.8. The third-order valence-electron chi connectivity index (χ3n) is 16.1. The number of hydrogen-bond acceptors (Lipinski definition) is 12. The molecular weight excluding hydrogens is 951 g/mol. The lowest BCUT2D eigenvalue weighted by Gasteiger charge is -2.39. The smallest absolute Gasteiger partial charge is 0.355 e. The summed E-state index contributed by atoms with van der Waals surface area (Å²) in [6, 6.07) is 30.0. The van der Waals surface area contributed by atoms with Crippen molar-refractivity contribution in [3.63, 3.8) is 0 Å². The number of aromatic nitrogens is 4. The van der Waals surface area contributed by atoms with Crippen molar-refractivity contribution in [2.45, 2.75) is 103 Å². The van der Waals surface area contributed by atoms with Crippen LogP contribution < -0.4 is 25.2 Å². The predicted molar refractivity (Wildman–Crippen MR) is 289 cm³/mol. The van der Waals surface area contributed by atoms with E-state index in [1.54, 1.807) is 0 Å². The summed E-state index contributed by atoms with van der Waals surface area (Å²) in [5.41, 5.74) is 8.53. The van der Waals surface area contributed by atoms with Gasteiger partial charge >= 0.3 is 5.97 Å². The quantitative estimate of drug-likeness (QED) is 0.0881. The molecule has 6 heterocycles.